The molecule has 1 aliphatic heterocycles. The van der Waals surface area contributed by atoms with Gasteiger partial charge in [-0.1, -0.05) is 30.3 Å². The van der Waals surface area contributed by atoms with Gasteiger partial charge in [0, 0.05) is 13.6 Å². The van der Waals surface area contributed by atoms with Crippen LogP contribution in [-0.2, 0) is 6.42 Å². The molecule has 1 heterocycles. The van der Waals surface area contributed by atoms with E-state index in [9.17, 15) is 4.79 Å². The zero-order chi connectivity index (χ0) is 17.1. The Hall–Kier alpha value is -2.69. The average molecular weight is 326 g/mol. The molecule has 0 saturated carbocycles. The number of benzene rings is 2. The number of carbonyl (C=O) groups is 1. The predicted octanol–water partition coefficient (Wildman–Crippen LogP) is 2.99. The zero-order valence-corrected chi connectivity index (χ0v) is 14.2. The van der Waals surface area contributed by atoms with Crippen LogP contribution in [0.5, 0.6) is 11.5 Å². The van der Waals surface area contributed by atoms with Crippen molar-refractivity contribution in [3.05, 3.63) is 59.2 Å². The summed E-state index contributed by atoms with van der Waals surface area (Å²) in [6.45, 7) is 0.654. The van der Waals surface area contributed by atoms with Crippen molar-refractivity contribution < 1.29 is 14.3 Å². The van der Waals surface area contributed by atoms with Crippen molar-refractivity contribution in [1.82, 2.24) is 10.2 Å². The fourth-order valence-corrected chi connectivity index (χ4v) is 3.30. The molecule has 24 heavy (non-hydrogen) atoms. The van der Waals surface area contributed by atoms with E-state index in [0.717, 1.165) is 23.3 Å². The Morgan fingerprint density at radius 2 is 1.79 bits per heavy atom. The van der Waals surface area contributed by atoms with Crippen LogP contribution in [0.1, 0.15) is 22.7 Å². The zero-order valence-electron chi connectivity index (χ0n) is 14.2. The Kier molecular flexibility index (Phi) is 4.60. The van der Waals surface area contributed by atoms with Crippen LogP contribution in [0, 0.1) is 0 Å². The molecule has 1 aliphatic rings. The molecule has 126 valence electrons. The second kappa shape index (κ2) is 6.83. The van der Waals surface area contributed by atoms with E-state index < -0.39 is 0 Å². The third-order valence-corrected chi connectivity index (χ3v) is 4.46. The van der Waals surface area contributed by atoms with Crippen LogP contribution in [0.4, 0.5) is 4.79 Å². The van der Waals surface area contributed by atoms with Gasteiger partial charge in [-0.2, -0.15) is 0 Å². The van der Waals surface area contributed by atoms with E-state index in [-0.39, 0.29) is 12.1 Å². The summed E-state index contributed by atoms with van der Waals surface area (Å²) in [5, 5.41) is 2.75. The fraction of sp³-hybridized carbons (Fsp3) is 0.316. The standard InChI is InChI=1S/C19H22N2O3/c1-20-19(22)21-10-9-14-11-16(23-2)17(24-3)12-15(14)18(21)13-7-5-4-6-8-13/h4-8,11-12,18H,9-10H2,1-3H3,(H,20,22). The van der Waals surface area contributed by atoms with Crippen molar-refractivity contribution in [3.8, 4) is 11.5 Å². The Bertz CT molecular complexity index is 731. The molecule has 0 spiro atoms. The molecule has 0 aromatic heterocycles. The molecule has 0 bridgehead atoms. The second-order valence-electron chi connectivity index (χ2n) is 5.72. The van der Waals surface area contributed by atoms with Crippen molar-refractivity contribution in [2.24, 2.45) is 0 Å². The molecule has 0 aliphatic carbocycles. The van der Waals surface area contributed by atoms with Crippen LogP contribution in [0.15, 0.2) is 42.5 Å². The van der Waals surface area contributed by atoms with Gasteiger partial charge in [-0.3, -0.25) is 0 Å². The van der Waals surface area contributed by atoms with Gasteiger partial charge in [0.15, 0.2) is 11.5 Å². The highest BCUT2D eigenvalue weighted by Crippen LogP contribution is 2.40. The number of ether oxygens (including phenoxy) is 2. The minimum absolute atomic E-state index is 0.0794. The van der Waals surface area contributed by atoms with Gasteiger partial charge < -0.3 is 19.7 Å². The van der Waals surface area contributed by atoms with Crippen LogP contribution >= 0.6 is 0 Å². The SMILES string of the molecule is CNC(=O)N1CCc2cc(OC)c(OC)cc2C1c1ccccc1. The molecule has 1 unspecified atom stereocenters. The molecule has 1 atom stereocenters. The molecule has 3 rings (SSSR count). The third kappa shape index (κ3) is 2.77. The molecule has 1 N–H and O–H groups in total. The van der Waals surface area contributed by atoms with Gasteiger partial charge in [-0.15, -0.1) is 0 Å². The maximum absolute atomic E-state index is 12.4. The lowest BCUT2D eigenvalue weighted by atomic mass is 9.88. The molecular formula is C19H22N2O3. The van der Waals surface area contributed by atoms with Gasteiger partial charge >= 0.3 is 6.03 Å². The van der Waals surface area contributed by atoms with Crippen LogP contribution in [0.2, 0.25) is 0 Å². The molecular weight excluding hydrogens is 304 g/mol. The maximum Gasteiger partial charge on any atom is 0.317 e. The Balaban J connectivity index is 2.15. The number of carbonyl (C=O) groups excluding carboxylic acids is 1. The van der Waals surface area contributed by atoms with E-state index >= 15 is 0 Å². The summed E-state index contributed by atoms with van der Waals surface area (Å²) in [7, 11) is 4.92. The largest absolute Gasteiger partial charge is 0.493 e. The highest BCUT2D eigenvalue weighted by Gasteiger charge is 2.32. The lowest BCUT2D eigenvalue weighted by molar-refractivity contribution is 0.182. The molecule has 2 aromatic rings. The quantitative estimate of drug-likeness (QED) is 0.943. The molecule has 5 heteroatoms. The first kappa shape index (κ1) is 16.2. The molecule has 0 saturated heterocycles. The van der Waals surface area contributed by atoms with Crippen LogP contribution in [0.3, 0.4) is 0 Å². The first-order valence-electron chi connectivity index (χ1n) is 7.97. The minimum atomic E-state index is -0.144. The number of hydrogen-bond acceptors (Lipinski definition) is 3. The third-order valence-electron chi connectivity index (χ3n) is 4.46. The fourth-order valence-electron chi connectivity index (χ4n) is 3.30. The van der Waals surface area contributed by atoms with E-state index in [0.29, 0.717) is 12.3 Å². The van der Waals surface area contributed by atoms with Crippen molar-refractivity contribution in [3.63, 3.8) is 0 Å². The summed E-state index contributed by atoms with van der Waals surface area (Å²) in [5.74, 6) is 1.40. The summed E-state index contributed by atoms with van der Waals surface area (Å²) < 4.78 is 10.9. The summed E-state index contributed by atoms with van der Waals surface area (Å²) in [6.07, 6.45) is 0.784. The molecule has 2 aromatic carbocycles. The maximum atomic E-state index is 12.4. The number of nitrogens with zero attached hydrogens (tertiary/aromatic N) is 1. The smallest absolute Gasteiger partial charge is 0.317 e. The second-order valence-corrected chi connectivity index (χ2v) is 5.72. The van der Waals surface area contributed by atoms with Gasteiger partial charge in [-0.05, 0) is 35.2 Å². The van der Waals surface area contributed by atoms with Crippen LogP contribution < -0.4 is 14.8 Å². The number of fused-ring (bicyclic) bond motifs is 1. The lowest BCUT2D eigenvalue weighted by Crippen LogP contribution is -2.44. The molecule has 0 radical (unpaired) electrons. The van der Waals surface area contributed by atoms with E-state index in [1.54, 1.807) is 21.3 Å². The minimum Gasteiger partial charge on any atom is -0.493 e. The average Bonchev–Trinajstić information content (AvgIpc) is 2.65. The summed E-state index contributed by atoms with van der Waals surface area (Å²) in [5.41, 5.74) is 3.34. The highest BCUT2D eigenvalue weighted by molar-refractivity contribution is 5.76. The van der Waals surface area contributed by atoms with E-state index in [2.05, 4.69) is 5.32 Å². The number of rotatable bonds is 3. The lowest BCUT2D eigenvalue weighted by Gasteiger charge is -2.37. The number of nitrogens with one attached hydrogen (secondary N) is 1. The van der Waals surface area contributed by atoms with Crippen LogP contribution in [-0.4, -0.2) is 38.7 Å². The number of methoxy groups -OCH3 is 2. The van der Waals surface area contributed by atoms with Crippen molar-refractivity contribution in [1.29, 1.82) is 0 Å². The Morgan fingerprint density at radius 1 is 1.12 bits per heavy atom. The Morgan fingerprint density at radius 3 is 2.42 bits per heavy atom. The van der Waals surface area contributed by atoms with Crippen molar-refractivity contribution in [2.75, 3.05) is 27.8 Å². The number of urea groups is 1. The van der Waals surface area contributed by atoms with Gasteiger partial charge in [0.1, 0.15) is 0 Å². The first-order chi connectivity index (χ1) is 11.7. The molecule has 2 amide bonds. The highest BCUT2D eigenvalue weighted by atomic mass is 16.5. The van der Waals surface area contributed by atoms with E-state index in [4.69, 9.17) is 9.47 Å². The molecule has 5 nitrogen and oxygen atoms in total. The number of hydrogen-bond donors (Lipinski definition) is 1. The van der Waals surface area contributed by atoms with E-state index in [1.165, 1.54) is 5.56 Å². The van der Waals surface area contributed by atoms with Gasteiger partial charge in [0.25, 0.3) is 0 Å². The van der Waals surface area contributed by atoms with Crippen molar-refractivity contribution in [2.45, 2.75) is 12.5 Å². The monoisotopic (exact) mass is 326 g/mol. The van der Waals surface area contributed by atoms with Crippen molar-refractivity contribution >= 4 is 6.03 Å². The van der Waals surface area contributed by atoms with Gasteiger partial charge in [0.2, 0.25) is 0 Å². The summed E-state index contributed by atoms with van der Waals surface area (Å²) in [6, 6.07) is 13.8. The topological polar surface area (TPSA) is 50.8 Å². The van der Waals surface area contributed by atoms with E-state index in [1.807, 2.05) is 47.4 Å². The Labute approximate surface area is 142 Å². The van der Waals surface area contributed by atoms with Gasteiger partial charge in [0.05, 0.1) is 20.3 Å². The summed E-state index contributed by atoms with van der Waals surface area (Å²) in [4.78, 5) is 14.3. The van der Waals surface area contributed by atoms with Gasteiger partial charge in [-0.25, -0.2) is 4.79 Å². The normalized spacial score (nSPS) is 16.3. The first-order valence-corrected chi connectivity index (χ1v) is 7.97. The summed E-state index contributed by atoms with van der Waals surface area (Å²) >= 11 is 0. The predicted molar refractivity (Wildman–Crippen MR) is 92.7 cm³/mol. The van der Waals surface area contributed by atoms with Crippen LogP contribution in [0.25, 0.3) is 0 Å². The number of amides is 2. The molecule has 0 fully saturated rings.